The zero-order valence-corrected chi connectivity index (χ0v) is 11.0. The van der Waals surface area contributed by atoms with Gasteiger partial charge in [0.05, 0.1) is 19.4 Å². The Hall–Kier alpha value is -1.75. The van der Waals surface area contributed by atoms with Crippen LogP contribution in [0.15, 0.2) is 23.4 Å². The lowest BCUT2D eigenvalue weighted by Crippen LogP contribution is -2.07. The molecule has 5 heteroatoms. The second-order valence-electron chi connectivity index (χ2n) is 3.60. The van der Waals surface area contributed by atoms with Crippen LogP contribution in [0.3, 0.4) is 0 Å². The van der Waals surface area contributed by atoms with Crippen molar-refractivity contribution in [2.24, 2.45) is 5.16 Å². The quantitative estimate of drug-likeness (QED) is 0.350. The first-order valence-corrected chi connectivity index (χ1v) is 5.80. The summed E-state index contributed by atoms with van der Waals surface area (Å²) in [7, 11) is 1.57. The van der Waals surface area contributed by atoms with E-state index in [1.54, 1.807) is 26.2 Å². The van der Waals surface area contributed by atoms with Gasteiger partial charge >= 0.3 is 0 Å². The summed E-state index contributed by atoms with van der Waals surface area (Å²) in [4.78, 5) is 0. The van der Waals surface area contributed by atoms with Gasteiger partial charge in [0.25, 0.3) is 0 Å². The van der Waals surface area contributed by atoms with Gasteiger partial charge in [-0.05, 0) is 32.0 Å². The van der Waals surface area contributed by atoms with E-state index >= 15 is 0 Å². The second kappa shape index (κ2) is 7.55. The average Bonchev–Trinajstić information content (AvgIpc) is 2.42. The van der Waals surface area contributed by atoms with Crippen molar-refractivity contribution in [3.8, 4) is 11.5 Å². The van der Waals surface area contributed by atoms with Gasteiger partial charge in [0.2, 0.25) is 0 Å². The Morgan fingerprint density at radius 1 is 1.28 bits per heavy atom. The van der Waals surface area contributed by atoms with Crippen molar-refractivity contribution in [3.05, 3.63) is 23.8 Å². The van der Waals surface area contributed by atoms with Crippen LogP contribution in [-0.2, 0) is 4.74 Å². The Bertz CT molecular complexity index is 404. The Kier molecular flexibility index (Phi) is 6.00. The second-order valence-corrected chi connectivity index (χ2v) is 3.60. The number of rotatable bonds is 7. The molecule has 0 saturated carbocycles. The van der Waals surface area contributed by atoms with Crippen molar-refractivity contribution in [2.75, 3.05) is 26.9 Å². The highest BCUT2D eigenvalue weighted by molar-refractivity contribution is 5.98. The van der Waals surface area contributed by atoms with Crippen LogP contribution in [0.2, 0.25) is 0 Å². The average molecular weight is 253 g/mol. The van der Waals surface area contributed by atoms with Gasteiger partial charge in [-0.3, -0.25) is 0 Å². The van der Waals surface area contributed by atoms with Crippen LogP contribution >= 0.6 is 0 Å². The molecule has 0 atom stereocenters. The molecule has 0 heterocycles. The molecular formula is C13H19NO4. The highest BCUT2D eigenvalue weighted by Crippen LogP contribution is 2.28. The molecule has 0 spiro atoms. The molecule has 0 aromatic heterocycles. The van der Waals surface area contributed by atoms with E-state index in [4.69, 9.17) is 19.4 Å². The van der Waals surface area contributed by atoms with Crippen molar-refractivity contribution >= 4 is 5.71 Å². The third kappa shape index (κ3) is 3.92. The molecule has 0 bridgehead atoms. The largest absolute Gasteiger partial charge is 0.493 e. The molecule has 0 saturated heterocycles. The zero-order chi connectivity index (χ0) is 13.4. The fourth-order valence-corrected chi connectivity index (χ4v) is 1.42. The highest BCUT2D eigenvalue weighted by Gasteiger charge is 2.07. The lowest BCUT2D eigenvalue weighted by atomic mass is 10.1. The van der Waals surface area contributed by atoms with Crippen molar-refractivity contribution in [1.29, 1.82) is 0 Å². The molecule has 1 aromatic carbocycles. The Morgan fingerprint density at radius 2 is 2.06 bits per heavy atom. The van der Waals surface area contributed by atoms with Crippen LogP contribution in [0.25, 0.3) is 0 Å². The molecule has 1 N–H and O–H groups in total. The van der Waals surface area contributed by atoms with E-state index in [0.717, 1.165) is 5.56 Å². The van der Waals surface area contributed by atoms with Crippen molar-refractivity contribution < 1.29 is 19.4 Å². The summed E-state index contributed by atoms with van der Waals surface area (Å²) in [6, 6.07) is 5.37. The molecule has 18 heavy (non-hydrogen) atoms. The summed E-state index contributed by atoms with van der Waals surface area (Å²) < 4.78 is 16.0. The molecule has 1 rings (SSSR count). The van der Waals surface area contributed by atoms with Crippen LogP contribution in [0.5, 0.6) is 11.5 Å². The third-order valence-electron chi connectivity index (χ3n) is 2.42. The summed E-state index contributed by atoms with van der Waals surface area (Å²) >= 11 is 0. The van der Waals surface area contributed by atoms with Gasteiger partial charge < -0.3 is 19.4 Å². The van der Waals surface area contributed by atoms with E-state index in [-0.39, 0.29) is 0 Å². The number of ether oxygens (including phenoxy) is 3. The van der Waals surface area contributed by atoms with Crippen LogP contribution in [0, 0.1) is 0 Å². The van der Waals surface area contributed by atoms with E-state index in [0.29, 0.717) is 37.0 Å². The highest BCUT2D eigenvalue weighted by atomic mass is 16.5. The first-order valence-electron chi connectivity index (χ1n) is 5.80. The van der Waals surface area contributed by atoms with Gasteiger partial charge in [-0.2, -0.15) is 0 Å². The summed E-state index contributed by atoms with van der Waals surface area (Å²) in [6.45, 7) is 5.33. The number of nitrogens with zero attached hydrogens (tertiary/aromatic N) is 1. The maximum absolute atomic E-state index is 8.72. The monoisotopic (exact) mass is 253 g/mol. The maximum Gasteiger partial charge on any atom is 0.161 e. The minimum atomic E-state index is 0.469. The van der Waals surface area contributed by atoms with E-state index in [9.17, 15) is 0 Å². The van der Waals surface area contributed by atoms with E-state index in [1.807, 2.05) is 13.0 Å². The minimum absolute atomic E-state index is 0.469. The predicted molar refractivity (Wildman–Crippen MR) is 69.0 cm³/mol. The topological polar surface area (TPSA) is 60.3 Å². The fourth-order valence-electron chi connectivity index (χ4n) is 1.42. The molecule has 0 fully saturated rings. The molecule has 0 radical (unpaired) electrons. The molecular weight excluding hydrogens is 234 g/mol. The summed E-state index contributed by atoms with van der Waals surface area (Å²) in [5.41, 5.74) is 1.31. The molecule has 0 aliphatic heterocycles. The number of hydrogen-bond donors (Lipinski definition) is 1. The van der Waals surface area contributed by atoms with E-state index in [2.05, 4.69) is 5.16 Å². The fraction of sp³-hybridized carbons (Fsp3) is 0.462. The number of oxime groups is 1. The Morgan fingerprint density at radius 3 is 2.67 bits per heavy atom. The van der Waals surface area contributed by atoms with Gasteiger partial charge in [0, 0.05) is 12.2 Å². The number of hydrogen-bond acceptors (Lipinski definition) is 5. The van der Waals surface area contributed by atoms with Gasteiger partial charge in [0.1, 0.15) is 6.61 Å². The molecule has 1 aromatic rings. The smallest absolute Gasteiger partial charge is 0.161 e. The van der Waals surface area contributed by atoms with Crippen LogP contribution in [0.1, 0.15) is 19.4 Å². The first kappa shape index (κ1) is 14.3. The molecule has 0 aliphatic carbocycles. The van der Waals surface area contributed by atoms with E-state index in [1.165, 1.54) is 0 Å². The van der Waals surface area contributed by atoms with Crippen molar-refractivity contribution in [3.63, 3.8) is 0 Å². The third-order valence-corrected chi connectivity index (χ3v) is 2.42. The minimum Gasteiger partial charge on any atom is -0.493 e. The molecule has 100 valence electrons. The van der Waals surface area contributed by atoms with E-state index < -0.39 is 0 Å². The molecule has 0 aliphatic rings. The van der Waals surface area contributed by atoms with Crippen molar-refractivity contribution in [1.82, 2.24) is 0 Å². The van der Waals surface area contributed by atoms with Crippen LogP contribution in [0.4, 0.5) is 0 Å². The summed E-state index contributed by atoms with van der Waals surface area (Å²) in [5, 5.41) is 11.9. The predicted octanol–water partition coefficient (Wildman–Crippen LogP) is 2.31. The SMILES string of the molecule is CCOCCOc1ccc(/C(C)=N/O)cc1OC. The van der Waals surface area contributed by atoms with Gasteiger partial charge in [-0.1, -0.05) is 5.16 Å². The van der Waals surface area contributed by atoms with Crippen LogP contribution < -0.4 is 9.47 Å². The molecule has 0 amide bonds. The standard InChI is InChI=1S/C13H19NO4/c1-4-17-7-8-18-12-6-5-11(10(2)14-15)9-13(12)16-3/h5-6,9,15H,4,7-8H2,1-3H3/b14-10+. The summed E-state index contributed by atoms with van der Waals surface area (Å²) in [5.74, 6) is 1.25. The molecule has 0 unspecified atom stereocenters. The van der Waals surface area contributed by atoms with Crippen LogP contribution in [-0.4, -0.2) is 37.8 Å². The maximum atomic E-state index is 8.72. The zero-order valence-electron chi connectivity index (χ0n) is 11.0. The van der Waals surface area contributed by atoms with Gasteiger partial charge in [0.15, 0.2) is 11.5 Å². The normalized spacial score (nSPS) is 11.4. The first-order chi connectivity index (χ1) is 8.72. The number of benzene rings is 1. The number of methoxy groups -OCH3 is 1. The Balaban J connectivity index is 2.74. The summed E-state index contributed by atoms with van der Waals surface area (Å²) in [6.07, 6.45) is 0. The van der Waals surface area contributed by atoms with Gasteiger partial charge in [-0.25, -0.2) is 0 Å². The lowest BCUT2D eigenvalue weighted by Gasteiger charge is -2.11. The van der Waals surface area contributed by atoms with Crippen molar-refractivity contribution in [2.45, 2.75) is 13.8 Å². The molecule has 5 nitrogen and oxygen atoms in total. The van der Waals surface area contributed by atoms with Gasteiger partial charge in [-0.15, -0.1) is 0 Å². The lowest BCUT2D eigenvalue weighted by molar-refractivity contribution is 0.109. The Labute approximate surface area is 107 Å².